The molecule has 1 aromatic rings. The van der Waals surface area contributed by atoms with Gasteiger partial charge in [0.05, 0.1) is 0 Å². The first-order chi connectivity index (χ1) is 11.3. The van der Waals surface area contributed by atoms with Crippen molar-refractivity contribution >= 4 is 27.1 Å². The summed E-state index contributed by atoms with van der Waals surface area (Å²) in [7, 11) is -10.8. The standard InChI is InChI=1S/C12H17NO10P2/c14-10(15)9(24(18,19)20)7-12(11(16)17,25(21,22)23)4-1-8-2-5-13-6-3-8/h2-3,5-6,9H,1,4,7H2,(H,14,15)(H,16,17)(H2,18,19,20)(H2,21,22,23). The maximum atomic E-state index is 11.9. The van der Waals surface area contributed by atoms with Gasteiger partial charge in [0.2, 0.25) is 0 Å². The van der Waals surface area contributed by atoms with Crippen molar-refractivity contribution in [1.82, 2.24) is 4.98 Å². The van der Waals surface area contributed by atoms with E-state index in [-0.39, 0.29) is 6.42 Å². The normalized spacial score (nSPS) is 16.0. The minimum Gasteiger partial charge on any atom is -0.481 e. The molecule has 0 aliphatic heterocycles. The Kier molecular flexibility index (Phi) is 6.63. The zero-order valence-electron chi connectivity index (χ0n) is 12.7. The highest BCUT2D eigenvalue weighted by molar-refractivity contribution is 7.55. The summed E-state index contributed by atoms with van der Waals surface area (Å²) >= 11 is 0. The van der Waals surface area contributed by atoms with Gasteiger partial charge < -0.3 is 29.8 Å². The van der Waals surface area contributed by atoms with Crippen LogP contribution in [0.25, 0.3) is 0 Å². The first-order valence-electron chi connectivity index (χ1n) is 6.77. The maximum absolute atomic E-state index is 11.9. The summed E-state index contributed by atoms with van der Waals surface area (Å²) in [5, 5.41) is 15.4. The number of aliphatic carboxylic acids is 2. The fourth-order valence-corrected chi connectivity index (χ4v) is 4.31. The smallest absolute Gasteiger partial charge is 0.342 e. The third-order valence-electron chi connectivity index (χ3n) is 3.75. The lowest BCUT2D eigenvalue weighted by Crippen LogP contribution is -2.44. The summed E-state index contributed by atoms with van der Waals surface area (Å²) in [5.74, 6) is -4.08. The molecule has 2 atom stereocenters. The number of pyridine rings is 1. The van der Waals surface area contributed by atoms with Crippen molar-refractivity contribution in [3.8, 4) is 0 Å². The number of aryl methyl sites for hydroxylation is 1. The minimum atomic E-state index is -5.48. The van der Waals surface area contributed by atoms with E-state index < -0.39 is 50.8 Å². The molecule has 1 heterocycles. The van der Waals surface area contributed by atoms with Crippen LogP contribution in [0.1, 0.15) is 18.4 Å². The lowest BCUT2D eigenvalue weighted by Gasteiger charge is -2.32. The van der Waals surface area contributed by atoms with Gasteiger partial charge in [0.25, 0.3) is 0 Å². The van der Waals surface area contributed by atoms with Crippen molar-refractivity contribution in [2.75, 3.05) is 0 Å². The molecule has 0 aliphatic carbocycles. The molecule has 11 nitrogen and oxygen atoms in total. The molecule has 0 saturated carbocycles. The van der Waals surface area contributed by atoms with Gasteiger partial charge in [-0.15, -0.1) is 0 Å². The highest BCUT2D eigenvalue weighted by Crippen LogP contribution is 2.59. The monoisotopic (exact) mass is 397 g/mol. The maximum Gasteiger partial charge on any atom is 0.342 e. The molecule has 0 bridgehead atoms. The van der Waals surface area contributed by atoms with E-state index >= 15 is 0 Å². The van der Waals surface area contributed by atoms with Crippen molar-refractivity contribution < 1.29 is 48.5 Å². The van der Waals surface area contributed by atoms with E-state index in [1.807, 2.05) is 0 Å². The van der Waals surface area contributed by atoms with Crippen LogP contribution < -0.4 is 0 Å². The van der Waals surface area contributed by atoms with Crippen LogP contribution in [0.3, 0.4) is 0 Å². The molecule has 0 spiro atoms. The highest BCUT2D eigenvalue weighted by Gasteiger charge is 2.57. The molecule has 0 radical (unpaired) electrons. The fourth-order valence-electron chi connectivity index (χ4n) is 2.26. The minimum absolute atomic E-state index is 0.173. The third kappa shape index (κ3) is 5.18. The summed E-state index contributed by atoms with van der Waals surface area (Å²) < 4.78 is 23.2. The molecule has 6 N–H and O–H groups in total. The van der Waals surface area contributed by atoms with E-state index in [2.05, 4.69) is 4.98 Å². The Hall–Kier alpha value is -1.61. The van der Waals surface area contributed by atoms with Gasteiger partial charge in [-0.2, -0.15) is 0 Å². The molecule has 0 aliphatic rings. The van der Waals surface area contributed by atoms with Crippen LogP contribution in [-0.4, -0.2) is 57.5 Å². The van der Waals surface area contributed by atoms with Crippen LogP contribution in [-0.2, 0) is 25.1 Å². The second-order valence-electron chi connectivity index (χ2n) is 5.38. The Morgan fingerprint density at radius 2 is 1.60 bits per heavy atom. The zero-order valence-corrected chi connectivity index (χ0v) is 14.5. The van der Waals surface area contributed by atoms with Gasteiger partial charge in [-0.1, -0.05) is 0 Å². The Bertz CT molecular complexity index is 727. The van der Waals surface area contributed by atoms with Gasteiger partial charge in [0.1, 0.15) is 0 Å². The molecule has 0 aromatic carbocycles. The summed E-state index contributed by atoms with van der Waals surface area (Å²) in [6, 6.07) is 2.92. The van der Waals surface area contributed by atoms with Crippen molar-refractivity contribution in [2.45, 2.75) is 30.1 Å². The number of aromatic nitrogens is 1. The van der Waals surface area contributed by atoms with E-state index in [4.69, 9.17) is 14.9 Å². The SMILES string of the molecule is O=C(O)C(CC(CCc1ccncc1)(C(=O)O)P(=O)(O)O)P(=O)(O)O. The Morgan fingerprint density at radius 1 is 1.08 bits per heavy atom. The summed E-state index contributed by atoms with van der Waals surface area (Å²) in [6.45, 7) is 0. The summed E-state index contributed by atoms with van der Waals surface area (Å²) in [4.78, 5) is 63.8. The largest absolute Gasteiger partial charge is 0.481 e. The first-order valence-corrected chi connectivity index (χ1v) is 10.1. The highest BCUT2D eigenvalue weighted by atomic mass is 31.2. The molecule has 140 valence electrons. The van der Waals surface area contributed by atoms with Gasteiger partial charge in [0.15, 0.2) is 10.8 Å². The van der Waals surface area contributed by atoms with Gasteiger partial charge in [-0.05, 0) is 37.0 Å². The topological polar surface area (TPSA) is 203 Å². The van der Waals surface area contributed by atoms with Gasteiger partial charge in [-0.3, -0.25) is 23.7 Å². The second-order valence-corrected chi connectivity index (χ2v) is 9.13. The van der Waals surface area contributed by atoms with E-state index in [0.29, 0.717) is 5.56 Å². The fraction of sp³-hybridized carbons (Fsp3) is 0.417. The van der Waals surface area contributed by atoms with Crippen LogP contribution in [0.2, 0.25) is 0 Å². The number of rotatable bonds is 9. The first kappa shape index (κ1) is 21.4. The number of carbonyl (C=O) groups is 2. The molecule has 0 fully saturated rings. The molecular formula is C12H17NO10P2. The predicted molar refractivity (Wildman–Crippen MR) is 83.1 cm³/mol. The predicted octanol–water partition coefficient (Wildman–Crippen LogP) is 0.0363. The Balaban J connectivity index is 3.32. The molecule has 1 rings (SSSR count). The quantitative estimate of drug-likeness (QED) is 0.307. The zero-order chi connectivity index (χ0) is 19.5. The van der Waals surface area contributed by atoms with Gasteiger partial charge in [0, 0.05) is 12.4 Å². The van der Waals surface area contributed by atoms with Crippen LogP contribution in [0.5, 0.6) is 0 Å². The van der Waals surface area contributed by atoms with Gasteiger partial charge >= 0.3 is 27.1 Å². The Morgan fingerprint density at radius 3 is 1.96 bits per heavy atom. The number of hydrogen-bond acceptors (Lipinski definition) is 5. The second kappa shape index (κ2) is 7.74. The number of nitrogens with zero attached hydrogens (tertiary/aromatic N) is 1. The van der Waals surface area contributed by atoms with Crippen LogP contribution in [0.15, 0.2) is 24.5 Å². The lowest BCUT2D eigenvalue weighted by molar-refractivity contribution is -0.142. The molecule has 0 saturated heterocycles. The molecule has 2 unspecified atom stereocenters. The number of carboxylic acids is 2. The molecule has 0 amide bonds. The van der Waals surface area contributed by atoms with Crippen LogP contribution >= 0.6 is 15.2 Å². The van der Waals surface area contributed by atoms with Crippen LogP contribution in [0.4, 0.5) is 0 Å². The number of carboxylic acid groups (broad SMARTS) is 2. The van der Waals surface area contributed by atoms with Gasteiger partial charge in [-0.25, -0.2) is 0 Å². The molecule has 1 aromatic heterocycles. The van der Waals surface area contributed by atoms with E-state index in [0.717, 1.165) is 0 Å². The van der Waals surface area contributed by atoms with E-state index in [1.54, 1.807) is 0 Å². The van der Waals surface area contributed by atoms with E-state index in [1.165, 1.54) is 24.5 Å². The molecular weight excluding hydrogens is 380 g/mol. The number of hydrogen-bond donors (Lipinski definition) is 6. The van der Waals surface area contributed by atoms with Crippen molar-refractivity contribution in [3.63, 3.8) is 0 Å². The lowest BCUT2D eigenvalue weighted by atomic mass is 9.94. The Labute approximate surface area is 141 Å². The van der Waals surface area contributed by atoms with Crippen LogP contribution in [0, 0.1) is 0 Å². The molecule has 13 heteroatoms. The van der Waals surface area contributed by atoms with Crippen molar-refractivity contribution in [3.05, 3.63) is 30.1 Å². The van der Waals surface area contributed by atoms with Crippen molar-refractivity contribution in [2.24, 2.45) is 0 Å². The average molecular weight is 397 g/mol. The van der Waals surface area contributed by atoms with E-state index in [9.17, 15) is 33.6 Å². The average Bonchev–Trinajstić information content (AvgIpc) is 2.45. The summed E-state index contributed by atoms with van der Waals surface area (Å²) in [6.07, 6.45) is 0.418. The molecule has 25 heavy (non-hydrogen) atoms. The third-order valence-corrected chi connectivity index (χ3v) is 6.68. The van der Waals surface area contributed by atoms with Crippen molar-refractivity contribution in [1.29, 1.82) is 0 Å². The summed E-state index contributed by atoms with van der Waals surface area (Å²) in [5.41, 5.74) is -2.09.